The summed E-state index contributed by atoms with van der Waals surface area (Å²) >= 11 is 11.6. The molecule has 0 aromatic heterocycles. The van der Waals surface area contributed by atoms with E-state index in [0.29, 0.717) is 29.4 Å². The van der Waals surface area contributed by atoms with Crippen molar-refractivity contribution in [1.29, 1.82) is 0 Å². The van der Waals surface area contributed by atoms with E-state index in [-0.39, 0.29) is 18.2 Å². The summed E-state index contributed by atoms with van der Waals surface area (Å²) in [4.78, 5) is 0. The first kappa shape index (κ1) is 19.8. The maximum Gasteiger partial charge on any atom is 0.417 e. The minimum Gasteiger partial charge on any atom is -0.489 e. The molecule has 8 heteroatoms. The number of ether oxygens (including phenoxy) is 1. The van der Waals surface area contributed by atoms with Gasteiger partial charge in [0.15, 0.2) is 0 Å². The Morgan fingerprint density at radius 1 is 1.08 bits per heavy atom. The van der Waals surface area contributed by atoms with Crippen LogP contribution in [0.4, 0.5) is 13.2 Å². The smallest absolute Gasteiger partial charge is 0.417 e. The average Bonchev–Trinajstić information content (AvgIpc) is 2.54. The van der Waals surface area contributed by atoms with Crippen molar-refractivity contribution in [3.05, 3.63) is 63.1 Å². The Morgan fingerprint density at radius 2 is 1.84 bits per heavy atom. The van der Waals surface area contributed by atoms with E-state index in [0.717, 1.165) is 11.6 Å². The molecule has 0 bridgehead atoms. The van der Waals surface area contributed by atoms with E-state index in [1.165, 1.54) is 12.1 Å². The second-order valence-corrected chi connectivity index (χ2v) is 6.10. The summed E-state index contributed by atoms with van der Waals surface area (Å²) in [6.07, 6.45) is -4.52. The van der Waals surface area contributed by atoms with Crippen LogP contribution in [0.15, 0.2) is 36.4 Å². The van der Waals surface area contributed by atoms with Crippen LogP contribution in [0, 0.1) is 0 Å². The van der Waals surface area contributed by atoms with Gasteiger partial charge in [-0.05, 0) is 35.9 Å². The molecule has 0 saturated carbocycles. The Kier molecular flexibility index (Phi) is 6.95. The number of aliphatic hydroxyl groups is 1. The molecular weight excluding hydrogens is 378 g/mol. The Bertz CT molecular complexity index is 724. The van der Waals surface area contributed by atoms with Crippen LogP contribution >= 0.6 is 23.2 Å². The number of hydrogen-bond donors (Lipinski definition) is 2. The Labute approximate surface area is 153 Å². The Morgan fingerprint density at radius 3 is 2.52 bits per heavy atom. The highest BCUT2D eigenvalue weighted by atomic mass is 35.5. The van der Waals surface area contributed by atoms with Crippen molar-refractivity contribution < 1.29 is 23.0 Å². The predicted octanol–water partition coefficient (Wildman–Crippen LogP) is 4.67. The first-order chi connectivity index (χ1) is 11.8. The van der Waals surface area contributed by atoms with E-state index in [1.807, 2.05) is 0 Å². The van der Waals surface area contributed by atoms with Gasteiger partial charge in [-0.3, -0.25) is 0 Å². The van der Waals surface area contributed by atoms with Gasteiger partial charge in [-0.2, -0.15) is 13.2 Å². The molecule has 0 radical (unpaired) electrons. The molecule has 0 aliphatic rings. The van der Waals surface area contributed by atoms with Crippen molar-refractivity contribution in [2.75, 3.05) is 13.2 Å². The third-order valence-corrected chi connectivity index (χ3v) is 3.92. The fraction of sp³-hybridized carbons (Fsp3) is 0.294. The van der Waals surface area contributed by atoms with Crippen LogP contribution in [-0.2, 0) is 19.3 Å². The lowest BCUT2D eigenvalue weighted by Crippen LogP contribution is -2.18. The topological polar surface area (TPSA) is 41.5 Å². The zero-order chi connectivity index (χ0) is 18.4. The van der Waals surface area contributed by atoms with Gasteiger partial charge in [-0.15, -0.1) is 0 Å². The number of aliphatic hydroxyl groups excluding tert-OH is 1. The molecule has 3 nitrogen and oxygen atoms in total. The minimum atomic E-state index is -4.52. The Hall–Kier alpha value is -1.47. The molecular formula is C17H16Cl2F3NO2. The zero-order valence-electron chi connectivity index (χ0n) is 13.0. The second-order valence-electron chi connectivity index (χ2n) is 5.25. The lowest BCUT2D eigenvalue weighted by atomic mass is 10.1. The second kappa shape index (κ2) is 8.76. The first-order valence-electron chi connectivity index (χ1n) is 7.39. The minimum absolute atomic E-state index is 0.0122. The molecule has 136 valence electrons. The Balaban J connectivity index is 2.13. The molecule has 2 rings (SSSR count). The predicted molar refractivity (Wildman–Crippen MR) is 91.0 cm³/mol. The van der Waals surface area contributed by atoms with Crippen molar-refractivity contribution in [2.24, 2.45) is 0 Å². The van der Waals surface area contributed by atoms with Gasteiger partial charge in [0, 0.05) is 23.7 Å². The number of halogens is 5. The van der Waals surface area contributed by atoms with E-state index in [4.69, 9.17) is 33.0 Å². The summed E-state index contributed by atoms with van der Waals surface area (Å²) in [6, 6.07) is 8.65. The van der Waals surface area contributed by atoms with Gasteiger partial charge in [0.2, 0.25) is 0 Å². The maximum absolute atomic E-state index is 12.9. The highest BCUT2D eigenvalue weighted by Crippen LogP contribution is 2.35. The summed E-state index contributed by atoms with van der Waals surface area (Å²) in [6.45, 7) is 0.750. The van der Waals surface area contributed by atoms with Crippen molar-refractivity contribution in [3.63, 3.8) is 0 Å². The average molecular weight is 394 g/mol. The van der Waals surface area contributed by atoms with Gasteiger partial charge in [-0.1, -0.05) is 29.3 Å². The molecule has 2 N–H and O–H groups in total. The molecule has 0 spiro atoms. The van der Waals surface area contributed by atoms with Crippen molar-refractivity contribution in [2.45, 2.75) is 19.3 Å². The normalized spacial score (nSPS) is 11.6. The SMILES string of the molecule is OCCNCc1cc(Cl)ccc1OCc1ccc(Cl)c(C(F)(F)F)c1. The van der Waals surface area contributed by atoms with Crippen LogP contribution in [0.2, 0.25) is 10.0 Å². The van der Waals surface area contributed by atoms with Crippen LogP contribution < -0.4 is 10.1 Å². The van der Waals surface area contributed by atoms with Gasteiger partial charge in [0.05, 0.1) is 17.2 Å². The quantitative estimate of drug-likeness (QED) is 0.671. The molecule has 0 aliphatic carbocycles. The molecule has 0 atom stereocenters. The summed E-state index contributed by atoms with van der Waals surface area (Å²) in [5.41, 5.74) is 0.197. The molecule has 0 amide bonds. The highest BCUT2D eigenvalue weighted by Gasteiger charge is 2.33. The fourth-order valence-electron chi connectivity index (χ4n) is 2.17. The van der Waals surface area contributed by atoms with Gasteiger partial charge < -0.3 is 15.2 Å². The van der Waals surface area contributed by atoms with Crippen molar-refractivity contribution in [3.8, 4) is 5.75 Å². The summed E-state index contributed by atoms with van der Waals surface area (Å²) in [7, 11) is 0. The lowest BCUT2D eigenvalue weighted by Gasteiger charge is -2.14. The molecule has 0 aliphatic heterocycles. The molecule has 0 unspecified atom stereocenters. The zero-order valence-corrected chi connectivity index (χ0v) is 14.5. The maximum atomic E-state index is 12.9. The lowest BCUT2D eigenvalue weighted by molar-refractivity contribution is -0.137. The van der Waals surface area contributed by atoms with Crippen LogP contribution in [0.3, 0.4) is 0 Å². The van der Waals surface area contributed by atoms with Crippen LogP contribution in [-0.4, -0.2) is 18.3 Å². The van der Waals surface area contributed by atoms with Gasteiger partial charge in [0.25, 0.3) is 0 Å². The van der Waals surface area contributed by atoms with Crippen molar-refractivity contribution >= 4 is 23.2 Å². The van der Waals surface area contributed by atoms with Gasteiger partial charge >= 0.3 is 6.18 Å². The monoisotopic (exact) mass is 393 g/mol. The number of alkyl halides is 3. The largest absolute Gasteiger partial charge is 0.489 e. The van der Waals surface area contributed by atoms with E-state index in [1.54, 1.807) is 18.2 Å². The van der Waals surface area contributed by atoms with E-state index >= 15 is 0 Å². The molecule has 2 aromatic rings. The number of nitrogens with one attached hydrogen (secondary N) is 1. The fourth-order valence-corrected chi connectivity index (χ4v) is 2.59. The third kappa shape index (κ3) is 5.78. The van der Waals surface area contributed by atoms with E-state index in [9.17, 15) is 13.2 Å². The number of benzene rings is 2. The van der Waals surface area contributed by atoms with Crippen LogP contribution in [0.1, 0.15) is 16.7 Å². The van der Waals surface area contributed by atoms with Crippen molar-refractivity contribution in [1.82, 2.24) is 5.32 Å². The first-order valence-corrected chi connectivity index (χ1v) is 8.15. The standard InChI is InChI=1S/C17H16Cl2F3NO2/c18-13-2-4-16(12(8-13)9-23-5-6-24)25-10-11-1-3-15(19)14(7-11)17(20,21)22/h1-4,7-8,23-24H,5-6,9-10H2. The summed E-state index contributed by atoms with van der Waals surface area (Å²) in [5, 5.41) is 12.0. The molecule has 0 saturated heterocycles. The van der Waals surface area contributed by atoms with Gasteiger partial charge in [-0.25, -0.2) is 0 Å². The molecule has 25 heavy (non-hydrogen) atoms. The molecule has 0 fully saturated rings. The number of rotatable bonds is 7. The summed E-state index contributed by atoms with van der Waals surface area (Å²) in [5.74, 6) is 0.498. The van der Waals surface area contributed by atoms with Gasteiger partial charge in [0.1, 0.15) is 12.4 Å². The van der Waals surface area contributed by atoms with Crippen LogP contribution in [0.5, 0.6) is 5.75 Å². The van der Waals surface area contributed by atoms with E-state index in [2.05, 4.69) is 5.32 Å². The third-order valence-electron chi connectivity index (χ3n) is 3.36. The van der Waals surface area contributed by atoms with E-state index < -0.39 is 11.7 Å². The van der Waals surface area contributed by atoms with Crippen LogP contribution in [0.25, 0.3) is 0 Å². The molecule has 2 aromatic carbocycles. The highest BCUT2D eigenvalue weighted by molar-refractivity contribution is 6.31. The summed E-state index contributed by atoms with van der Waals surface area (Å²) < 4.78 is 44.4. The molecule has 0 heterocycles. The number of hydrogen-bond acceptors (Lipinski definition) is 3.